The third-order valence-corrected chi connectivity index (χ3v) is 3.92. The molecule has 108 valence electrons. The molecule has 0 saturated heterocycles. The van der Waals surface area contributed by atoms with Crippen molar-refractivity contribution in [1.82, 2.24) is 15.3 Å². The number of carbonyl (C=O) groups is 2. The first-order chi connectivity index (χ1) is 10.1. The Morgan fingerprint density at radius 1 is 1.38 bits per heavy atom. The Bertz CT molecular complexity index is 752. The van der Waals surface area contributed by atoms with Crippen molar-refractivity contribution in [3.8, 4) is 0 Å². The van der Waals surface area contributed by atoms with Gasteiger partial charge in [-0.15, -0.1) is 5.10 Å². The van der Waals surface area contributed by atoms with E-state index in [0.29, 0.717) is 5.17 Å². The van der Waals surface area contributed by atoms with Crippen LogP contribution in [0.5, 0.6) is 0 Å². The van der Waals surface area contributed by atoms with E-state index in [2.05, 4.69) is 15.4 Å². The predicted molar refractivity (Wildman–Crippen MR) is 82.7 cm³/mol. The van der Waals surface area contributed by atoms with Gasteiger partial charge in [0.25, 0.3) is 5.91 Å². The molecule has 21 heavy (non-hydrogen) atoms. The van der Waals surface area contributed by atoms with Crippen LogP contribution < -0.4 is 5.32 Å². The van der Waals surface area contributed by atoms with Crippen molar-refractivity contribution in [3.63, 3.8) is 0 Å². The molecule has 7 heteroatoms. The van der Waals surface area contributed by atoms with Gasteiger partial charge < -0.3 is 10.3 Å². The molecular weight excluding hydrogens is 288 g/mol. The molecule has 1 unspecified atom stereocenters. The number of carbonyl (C=O) groups excluding carboxylic acids is 2. The molecule has 0 saturated carbocycles. The van der Waals surface area contributed by atoms with Crippen molar-refractivity contribution >= 4 is 39.6 Å². The van der Waals surface area contributed by atoms with E-state index >= 15 is 0 Å². The van der Waals surface area contributed by atoms with Crippen LogP contribution in [0, 0.1) is 0 Å². The number of fused-ring (bicyclic) bond motifs is 1. The fourth-order valence-corrected chi connectivity index (χ4v) is 2.77. The highest BCUT2D eigenvalue weighted by Gasteiger charge is 2.36. The molecule has 0 bridgehead atoms. The van der Waals surface area contributed by atoms with E-state index in [4.69, 9.17) is 0 Å². The summed E-state index contributed by atoms with van der Waals surface area (Å²) in [5.41, 5.74) is 1.66. The minimum atomic E-state index is -0.755. The minimum absolute atomic E-state index is 0.255. The van der Waals surface area contributed by atoms with Gasteiger partial charge in [-0.25, -0.2) is 5.01 Å². The summed E-state index contributed by atoms with van der Waals surface area (Å²) in [5, 5.41) is 9.50. The van der Waals surface area contributed by atoms with Crippen LogP contribution >= 0.6 is 11.8 Å². The molecular formula is C14H14N4O2S. The highest BCUT2D eigenvalue weighted by atomic mass is 32.2. The number of aromatic nitrogens is 1. The van der Waals surface area contributed by atoms with E-state index < -0.39 is 6.04 Å². The average molecular weight is 302 g/mol. The summed E-state index contributed by atoms with van der Waals surface area (Å²) in [5.74, 6) is -0.527. The Morgan fingerprint density at radius 2 is 2.14 bits per heavy atom. The number of para-hydroxylation sites is 1. The molecule has 6 nitrogen and oxygen atoms in total. The zero-order valence-electron chi connectivity index (χ0n) is 11.6. The average Bonchev–Trinajstić information content (AvgIpc) is 2.90. The number of thioether (sulfide) groups is 1. The SMILES string of the molecule is CSC1=NN(C(C)=O)C(c2c[nH]c3ccccc23)C(=O)N1. The van der Waals surface area contributed by atoms with Crippen LogP contribution in [0.3, 0.4) is 0 Å². The zero-order valence-corrected chi connectivity index (χ0v) is 12.4. The number of amidine groups is 1. The molecule has 0 fully saturated rings. The van der Waals surface area contributed by atoms with Crippen LogP contribution in [0.4, 0.5) is 0 Å². The first kappa shape index (κ1) is 13.7. The number of hydrazone groups is 1. The molecule has 2 aromatic rings. The predicted octanol–water partition coefficient (Wildman–Crippen LogP) is 1.82. The van der Waals surface area contributed by atoms with E-state index in [1.54, 1.807) is 12.5 Å². The van der Waals surface area contributed by atoms with E-state index in [0.717, 1.165) is 16.5 Å². The van der Waals surface area contributed by atoms with Gasteiger partial charge in [0.15, 0.2) is 11.2 Å². The minimum Gasteiger partial charge on any atom is -0.361 e. The van der Waals surface area contributed by atoms with Crippen LogP contribution in [0.15, 0.2) is 35.6 Å². The molecule has 0 aliphatic carbocycles. The van der Waals surface area contributed by atoms with Crippen LogP contribution in [-0.2, 0) is 9.59 Å². The summed E-state index contributed by atoms with van der Waals surface area (Å²) >= 11 is 1.29. The monoisotopic (exact) mass is 302 g/mol. The Kier molecular flexibility index (Phi) is 3.42. The lowest BCUT2D eigenvalue weighted by Crippen LogP contribution is -2.47. The number of aromatic amines is 1. The van der Waals surface area contributed by atoms with Gasteiger partial charge in [0, 0.05) is 29.6 Å². The molecule has 2 N–H and O–H groups in total. The summed E-state index contributed by atoms with van der Waals surface area (Å²) < 4.78 is 0. The van der Waals surface area contributed by atoms with E-state index in [-0.39, 0.29) is 11.8 Å². The molecule has 1 aromatic carbocycles. The van der Waals surface area contributed by atoms with Crippen molar-refractivity contribution in [3.05, 3.63) is 36.0 Å². The number of benzene rings is 1. The molecule has 1 aromatic heterocycles. The Labute approximate surface area is 125 Å². The molecule has 1 aliphatic heterocycles. The molecule has 2 amide bonds. The highest BCUT2D eigenvalue weighted by molar-refractivity contribution is 8.13. The number of rotatable bonds is 1. The Morgan fingerprint density at radius 3 is 2.86 bits per heavy atom. The van der Waals surface area contributed by atoms with Crippen LogP contribution in [-0.4, -0.2) is 33.2 Å². The van der Waals surface area contributed by atoms with Gasteiger partial charge >= 0.3 is 0 Å². The zero-order chi connectivity index (χ0) is 15.0. The fourth-order valence-electron chi connectivity index (χ4n) is 2.40. The Hall–Kier alpha value is -2.28. The first-order valence-corrected chi connectivity index (χ1v) is 7.63. The third kappa shape index (κ3) is 2.29. The van der Waals surface area contributed by atoms with Crippen LogP contribution in [0.1, 0.15) is 18.5 Å². The van der Waals surface area contributed by atoms with Gasteiger partial charge in [-0.3, -0.25) is 9.59 Å². The number of hydrogen-bond acceptors (Lipinski definition) is 4. The first-order valence-electron chi connectivity index (χ1n) is 6.41. The lowest BCUT2D eigenvalue weighted by Gasteiger charge is -2.30. The largest absolute Gasteiger partial charge is 0.361 e. The lowest BCUT2D eigenvalue weighted by atomic mass is 10.0. The molecule has 1 aliphatic rings. The van der Waals surface area contributed by atoms with Gasteiger partial charge in [0.1, 0.15) is 0 Å². The van der Waals surface area contributed by atoms with E-state index in [1.165, 1.54) is 23.7 Å². The summed E-state index contributed by atoms with van der Waals surface area (Å²) in [6, 6.07) is 6.90. The normalized spacial score (nSPS) is 18.6. The van der Waals surface area contributed by atoms with Crippen molar-refractivity contribution in [1.29, 1.82) is 0 Å². The second-order valence-electron chi connectivity index (χ2n) is 4.65. The number of amides is 2. The van der Waals surface area contributed by atoms with Gasteiger partial charge in [-0.2, -0.15) is 0 Å². The maximum atomic E-state index is 12.4. The van der Waals surface area contributed by atoms with Gasteiger partial charge in [0.05, 0.1) is 0 Å². The summed E-state index contributed by atoms with van der Waals surface area (Å²) in [4.78, 5) is 27.4. The Balaban J connectivity index is 2.13. The maximum Gasteiger partial charge on any atom is 0.255 e. The third-order valence-electron chi connectivity index (χ3n) is 3.35. The standard InChI is InChI=1S/C14H14N4O2S/c1-8(19)18-12(13(20)16-14(17-18)21-2)10-7-15-11-6-4-3-5-9(10)11/h3-7,12,15H,1-2H3,(H,16,17,20). The van der Waals surface area contributed by atoms with Crippen LogP contribution in [0.2, 0.25) is 0 Å². The molecule has 1 atom stereocenters. The second-order valence-corrected chi connectivity index (χ2v) is 5.45. The fraction of sp³-hybridized carbons (Fsp3) is 0.214. The second kappa shape index (κ2) is 5.25. The summed E-state index contributed by atoms with van der Waals surface area (Å²) in [6.07, 6.45) is 3.55. The maximum absolute atomic E-state index is 12.4. The van der Waals surface area contributed by atoms with Crippen molar-refractivity contribution in [2.75, 3.05) is 6.26 Å². The molecule has 3 rings (SSSR count). The molecule has 2 heterocycles. The summed E-state index contributed by atoms with van der Waals surface area (Å²) in [7, 11) is 0. The van der Waals surface area contributed by atoms with E-state index in [9.17, 15) is 9.59 Å². The van der Waals surface area contributed by atoms with Gasteiger partial charge in [-0.1, -0.05) is 30.0 Å². The van der Waals surface area contributed by atoms with Crippen molar-refractivity contribution in [2.45, 2.75) is 13.0 Å². The van der Waals surface area contributed by atoms with Gasteiger partial charge in [0.2, 0.25) is 5.91 Å². The number of nitrogens with one attached hydrogen (secondary N) is 2. The molecule has 0 radical (unpaired) electrons. The molecule has 0 spiro atoms. The number of hydrogen-bond donors (Lipinski definition) is 2. The van der Waals surface area contributed by atoms with E-state index in [1.807, 2.05) is 24.3 Å². The van der Waals surface area contributed by atoms with Crippen molar-refractivity contribution in [2.24, 2.45) is 5.10 Å². The van der Waals surface area contributed by atoms with Gasteiger partial charge in [-0.05, 0) is 12.3 Å². The quantitative estimate of drug-likeness (QED) is 0.843. The topological polar surface area (TPSA) is 77.6 Å². The lowest BCUT2D eigenvalue weighted by molar-refractivity contribution is -0.139. The summed E-state index contributed by atoms with van der Waals surface area (Å²) in [6.45, 7) is 1.40. The van der Waals surface area contributed by atoms with Crippen LogP contribution in [0.25, 0.3) is 10.9 Å². The number of nitrogens with zero attached hydrogens (tertiary/aromatic N) is 2. The highest BCUT2D eigenvalue weighted by Crippen LogP contribution is 2.31. The smallest absolute Gasteiger partial charge is 0.255 e. The number of H-pyrrole nitrogens is 1. The van der Waals surface area contributed by atoms with Crippen molar-refractivity contribution < 1.29 is 9.59 Å².